The minimum Gasteiger partial charge on any atom is -0.461 e. The highest BCUT2D eigenvalue weighted by molar-refractivity contribution is 5.95. The number of carbonyl (C=O) groups excluding carboxylic acids is 2. The first kappa shape index (κ1) is 20.6. The molecule has 0 bridgehead atoms. The molecule has 6 nitrogen and oxygen atoms in total. The fraction of sp³-hybridized carbons (Fsp3) is 0.500. The molecular formula is C16H22F3N3O3. The molecule has 9 heteroatoms. The summed E-state index contributed by atoms with van der Waals surface area (Å²) in [5.74, 6) is -0.637. The maximum Gasteiger partial charge on any atom is 0.416 e. The molecule has 1 rings (SSSR count). The molecule has 0 aliphatic carbocycles. The van der Waals surface area contributed by atoms with Crippen molar-refractivity contribution < 1.29 is 27.5 Å². The fourth-order valence-electron chi connectivity index (χ4n) is 1.95. The van der Waals surface area contributed by atoms with E-state index in [1.165, 1.54) is 13.0 Å². The van der Waals surface area contributed by atoms with Crippen molar-refractivity contribution in [3.8, 4) is 0 Å². The van der Waals surface area contributed by atoms with Gasteiger partial charge in [0, 0.05) is 14.1 Å². The Morgan fingerprint density at radius 1 is 1.16 bits per heavy atom. The second kappa shape index (κ2) is 8.09. The molecule has 25 heavy (non-hydrogen) atoms. The van der Waals surface area contributed by atoms with Crippen molar-refractivity contribution in [3.63, 3.8) is 0 Å². The van der Waals surface area contributed by atoms with Crippen molar-refractivity contribution in [1.29, 1.82) is 0 Å². The van der Waals surface area contributed by atoms with Gasteiger partial charge >= 0.3 is 18.2 Å². The number of anilines is 2. The van der Waals surface area contributed by atoms with Crippen LogP contribution in [0.15, 0.2) is 18.2 Å². The zero-order valence-electron chi connectivity index (χ0n) is 14.7. The lowest BCUT2D eigenvalue weighted by Crippen LogP contribution is -2.42. The van der Waals surface area contributed by atoms with Gasteiger partial charge in [-0.15, -0.1) is 0 Å². The minimum absolute atomic E-state index is 0.0262. The summed E-state index contributed by atoms with van der Waals surface area (Å²) in [5, 5.41) is 4.68. The molecule has 0 fully saturated rings. The predicted molar refractivity (Wildman–Crippen MR) is 88.6 cm³/mol. The monoisotopic (exact) mass is 361 g/mol. The van der Waals surface area contributed by atoms with Gasteiger partial charge in [-0.05, 0) is 39.0 Å². The zero-order chi connectivity index (χ0) is 19.4. The van der Waals surface area contributed by atoms with Crippen LogP contribution < -0.4 is 15.5 Å². The zero-order valence-corrected chi connectivity index (χ0v) is 14.7. The number of rotatable bonds is 5. The standard InChI is InChI=1S/C16H22F3N3O3/c1-9(2)25-14(23)10(3)20-15(24)21-12-8-11(16(17,18)19)6-7-13(12)22(4)5/h6-10H,1-5H3,(H2,20,21,24)/t10-/m1/s1. The molecule has 0 saturated heterocycles. The topological polar surface area (TPSA) is 70.7 Å². The molecule has 140 valence electrons. The van der Waals surface area contributed by atoms with Gasteiger partial charge in [-0.1, -0.05) is 0 Å². The quantitative estimate of drug-likeness (QED) is 0.790. The fourth-order valence-corrected chi connectivity index (χ4v) is 1.95. The van der Waals surface area contributed by atoms with Gasteiger partial charge in [0.25, 0.3) is 0 Å². The third-order valence-electron chi connectivity index (χ3n) is 3.11. The lowest BCUT2D eigenvalue weighted by molar-refractivity contribution is -0.149. The Hall–Kier alpha value is -2.45. The number of carbonyl (C=O) groups is 2. The average Bonchev–Trinajstić information content (AvgIpc) is 2.44. The molecular weight excluding hydrogens is 339 g/mol. The van der Waals surface area contributed by atoms with E-state index in [1.54, 1.807) is 32.8 Å². The molecule has 0 aliphatic heterocycles. The van der Waals surface area contributed by atoms with Crippen LogP contribution in [0.25, 0.3) is 0 Å². The van der Waals surface area contributed by atoms with E-state index in [4.69, 9.17) is 4.74 Å². The van der Waals surface area contributed by atoms with Crippen LogP contribution >= 0.6 is 0 Å². The van der Waals surface area contributed by atoms with Crippen molar-refractivity contribution >= 4 is 23.4 Å². The van der Waals surface area contributed by atoms with E-state index in [9.17, 15) is 22.8 Å². The minimum atomic E-state index is -4.54. The Morgan fingerprint density at radius 2 is 1.76 bits per heavy atom. The van der Waals surface area contributed by atoms with E-state index in [0.717, 1.165) is 12.1 Å². The first-order valence-corrected chi connectivity index (χ1v) is 7.58. The lowest BCUT2D eigenvalue weighted by atomic mass is 10.1. The van der Waals surface area contributed by atoms with Crippen LogP contribution in [-0.2, 0) is 15.7 Å². The van der Waals surface area contributed by atoms with Crippen LogP contribution in [0.4, 0.5) is 29.3 Å². The molecule has 1 atom stereocenters. The van der Waals surface area contributed by atoms with Crippen LogP contribution in [0.3, 0.4) is 0 Å². The van der Waals surface area contributed by atoms with Gasteiger partial charge in [-0.2, -0.15) is 13.2 Å². The van der Waals surface area contributed by atoms with Gasteiger partial charge < -0.3 is 20.3 Å². The summed E-state index contributed by atoms with van der Waals surface area (Å²) in [5.41, 5.74) is -0.525. The maximum atomic E-state index is 12.9. The van der Waals surface area contributed by atoms with E-state index in [0.29, 0.717) is 5.69 Å². The van der Waals surface area contributed by atoms with E-state index in [-0.39, 0.29) is 11.8 Å². The van der Waals surface area contributed by atoms with Gasteiger partial charge in [0.05, 0.1) is 23.0 Å². The Morgan fingerprint density at radius 3 is 2.24 bits per heavy atom. The number of urea groups is 1. The average molecular weight is 361 g/mol. The van der Waals surface area contributed by atoms with Crippen molar-refractivity contribution in [3.05, 3.63) is 23.8 Å². The largest absolute Gasteiger partial charge is 0.461 e. The van der Waals surface area contributed by atoms with Crippen LogP contribution in [0.5, 0.6) is 0 Å². The number of nitrogens with zero attached hydrogens (tertiary/aromatic N) is 1. The Balaban J connectivity index is 2.93. The summed E-state index contributed by atoms with van der Waals surface area (Å²) >= 11 is 0. The highest BCUT2D eigenvalue weighted by Crippen LogP contribution is 2.34. The molecule has 2 N–H and O–H groups in total. The van der Waals surface area contributed by atoms with E-state index < -0.39 is 29.8 Å². The van der Waals surface area contributed by atoms with E-state index in [1.807, 2.05) is 0 Å². The molecule has 1 aromatic rings. The summed E-state index contributed by atoms with van der Waals surface area (Å²) in [6.07, 6.45) is -4.88. The number of ether oxygens (including phenoxy) is 1. The Labute approximate surface area is 144 Å². The maximum absolute atomic E-state index is 12.9. The molecule has 1 aromatic carbocycles. The molecule has 0 unspecified atom stereocenters. The molecule has 0 aromatic heterocycles. The van der Waals surface area contributed by atoms with Crippen LogP contribution in [0.2, 0.25) is 0 Å². The first-order valence-electron chi connectivity index (χ1n) is 7.58. The third-order valence-corrected chi connectivity index (χ3v) is 3.11. The Bertz CT molecular complexity index is 631. The SMILES string of the molecule is CC(C)OC(=O)[C@@H](C)NC(=O)Nc1cc(C(F)(F)F)ccc1N(C)C. The highest BCUT2D eigenvalue weighted by Gasteiger charge is 2.31. The third kappa shape index (κ3) is 6.17. The van der Waals surface area contributed by atoms with Crippen LogP contribution in [0.1, 0.15) is 26.3 Å². The highest BCUT2D eigenvalue weighted by atomic mass is 19.4. The molecule has 0 radical (unpaired) electrons. The molecule has 2 amide bonds. The normalized spacial score (nSPS) is 12.5. The van der Waals surface area contributed by atoms with Crippen molar-refractivity contribution in [2.24, 2.45) is 0 Å². The number of hydrogen-bond donors (Lipinski definition) is 2. The number of nitrogens with one attached hydrogen (secondary N) is 2. The summed E-state index contributed by atoms with van der Waals surface area (Å²) in [4.78, 5) is 25.3. The van der Waals surface area contributed by atoms with Crippen molar-refractivity contribution in [2.45, 2.75) is 39.1 Å². The van der Waals surface area contributed by atoms with Gasteiger partial charge in [-0.3, -0.25) is 0 Å². The smallest absolute Gasteiger partial charge is 0.416 e. The van der Waals surface area contributed by atoms with E-state index >= 15 is 0 Å². The first-order chi connectivity index (χ1) is 11.4. The van der Waals surface area contributed by atoms with Crippen molar-refractivity contribution in [2.75, 3.05) is 24.3 Å². The summed E-state index contributed by atoms with van der Waals surface area (Å²) < 4.78 is 43.6. The van der Waals surface area contributed by atoms with Gasteiger partial charge in [0.1, 0.15) is 6.04 Å². The molecule has 0 saturated carbocycles. The summed E-state index contributed by atoms with van der Waals surface area (Å²) in [6, 6.07) is 1.27. The molecule has 0 heterocycles. The lowest BCUT2D eigenvalue weighted by Gasteiger charge is -2.21. The molecule has 0 aliphatic rings. The van der Waals surface area contributed by atoms with Crippen molar-refractivity contribution in [1.82, 2.24) is 5.32 Å². The van der Waals surface area contributed by atoms with Gasteiger partial charge in [0.2, 0.25) is 0 Å². The van der Waals surface area contributed by atoms with Crippen LogP contribution in [-0.4, -0.2) is 38.2 Å². The van der Waals surface area contributed by atoms with Crippen LogP contribution in [0, 0.1) is 0 Å². The number of amides is 2. The number of esters is 1. The summed E-state index contributed by atoms with van der Waals surface area (Å²) in [6.45, 7) is 4.75. The number of benzene rings is 1. The molecule has 0 spiro atoms. The number of alkyl halides is 3. The van der Waals surface area contributed by atoms with E-state index in [2.05, 4.69) is 10.6 Å². The predicted octanol–water partition coefficient (Wildman–Crippen LogP) is 3.23. The van der Waals surface area contributed by atoms with Gasteiger partial charge in [-0.25, -0.2) is 9.59 Å². The second-order valence-electron chi connectivity index (χ2n) is 5.93. The number of halogens is 3. The Kier molecular flexibility index (Phi) is 6.66. The summed E-state index contributed by atoms with van der Waals surface area (Å²) in [7, 11) is 3.27. The second-order valence-corrected chi connectivity index (χ2v) is 5.93. The van der Waals surface area contributed by atoms with Gasteiger partial charge in [0.15, 0.2) is 0 Å². The number of hydrogen-bond acceptors (Lipinski definition) is 4.